The molecular weight excluding hydrogens is 362 g/mol. The summed E-state index contributed by atoms with van der Waals surface area (Å²) in [5, 5.41) is 7.48. The highest BCUT2D eigenvalue weighted by molar-refractivity contribution is 5.90. The minimum Gasteiger partial charge on any atom is -0.493 e. The fourth-order valence-corrected chi connectivity index (χ4v) is 3.86. The van der Waals surface area contributed by atoms with Gasteiger partial charge in [-0.05, 0) is 55.2 Å². The van der Waals surface area contributed by atoms with E-state index < -0.39 is 0 Å². The zero-order chi connectivity index (χ0) is 20.4. The Kier molecular flexibility index (Phi) is 5.38. The van der Waals surface area contributed by atoms with Gasteiger partial charge in [0.25, 0.3) is 0 Å². The molecule has 29 heavy (non-hydrogen) atoms. The van der Waals surface area contributed by atoms with Crippen molar-refractivity contribution < 1.29 is 9.53 Å². The maximum absolute atomic E-state index is 12.3. The summed E-state index contributed by atoms with van der Waals surface area (Å²) in [6, 6.07) is 14.3. The van der Waals surface area contributed by atoms with Gasteiger partial charge in [-0.2, -0.15) is 5.10 Å². The summed E-state index contributed by atoms with van der Waals surface area (Å²) in [5.41, 5.74) is 8.00. The molecule has 1 aliphatic heterocycles. The Balaban J connectivity index is 1.32. The smallest absolute Gasteiger partial charge is 0.224 e. The highest BCUT2D eigenvalue weighted by Gasteiger charge is 2.13. The zero-order valence-corrected chi connectivity index (χ0v) is 17.3. The molecular formula is C24H27N3O2. The second-order valence-electron chi connectivity index (χ2n) is 7.74. The number of aromatic nitrogens is 2. The SMILES string of the molecule is Cc1nn(C)c(C)c1Cc1ccc(NC(=O)CCc2ccc3c(c2)CCO3)cc1. The van der Waals surface area contributed by atoms with Crippen molar-refractivity contribution in [1.29, 1.82) is 0 Å². The van der Waals surface area contributed by atoms with Crippen LogP contribution in [0.3, 0.4) is 0 Å². The molecule has 5 heteroatoms. The maximum Gasteiger partial charge on any atom is 0.224 e. The molecule has 3 aromatic rings. The Morgan fingerprint density at radius 1 is 1.14 bits per heavy atom. The molecule has 0 saturated carbocycles. The van der Waals surface area contributed by atoms with Gasteiger partial charge in [-0.1, -0.05) is 24.3 Å². The molecule has 2 heterocycles. The van der Waals surface area contributed by atoms with Crippen LogP contribution >= 0.6 is 0 Å². The number of nitrogens with one attached hydrogen (secondary N) is 1. The van der Waals surface area contributed by atoms with E-state index in [1.165, 1.54) is 27.9 Å². The van der Waals surface area contributed by atoms with Gasteiger partial charge in [-0.25, -0.2) is 0 Å². The van der Waals surface area contributed by atoms with Crippen LogP contribution in [0.2, 0.25) is 0 Å². The quantitative estimate of drug-likeness (QED) is 0.690. The van der Waals surface area contributed by atoms with Crippen LogP contribution in [-0.2, 0) is 31.1 Å². The summed E-state index contributed by atoms with van der Waals surface area (Å²) in [6.45, 7) is 4.90. The van der Waals surface area contributed by atoms with Crippen molar-refractivity contribution in [3.05, 3.63) is 76.1 Å². The molecule has 1 amide bonds. The van der Waals surface area contributed by atoms with Gasteiger partial charge < -0.3 is 10.1 Å². The topological polar surface area (TPSA) is 56.2 Å². The molecule has 0 atom stereocenters. The second-order valence-corrected chi connectivity index (χ2v) is 7.74. The molecule has 0 spiro atoms. The van der Waals surface area contributed by atoms with Crippen LogP contribution in [0.25, 0.3) is 0 Å². The molecule has 0 fully saturated rings. The molecule has 1 N–H and O–H groups in total. The molecule has 0 aliphatic carbocycles. The van der Waals surface area contributed by atoms with Crippen LogP contribution in [0.1, 0.15) is 40.1 Å². The number of benzene rings is 2. The van der Waals surface area contributed by atoms with E-state index in [0.29, 0.717) is 6.42 Å². The Morgan fingerprint density at radius 2 is 1.90 bits per heavy atom. The molecule has 1 aromatic heterocycles. The molecule has 5 nitrogen and oxygen atoms in total. The monoisotopic (exact) mass is 389 g/mol. The van der Waals surface area contributed by atoms with Crippen LogP contribution in [0.5, 0.6) is 5.75 Å². The predicted octanol–water partition coefficient (Wildman–Crippen LogP) is 4.13. The van der Waals surface area contributed by atoms with Crippen LogP contribution in [0, 0.1) is 13.8 Å². The fourth-order valence-electron chi connectivity index (χ4n) is 3.86. The number of amides is 1. The predicted molar refractivity (Wildman–Crippen MR) is 115 cm³/mol. The summed E-state index contributed by atoms with van der Waals surface area (Å²) < 4.78 is 7.46. The summed E-state index contributed by atoms with van der Waals surface area (Å²) in [4.78, 5) is 12.3. The first-order valence-corrected chi connectivity index (χ1v) is 10.1. The first-order chi connectivity index (χ1) is 14.0. The number of fused-ring (bicyclic) bond motifs is 1. The summed E-state index contributed by atoms with van der Waals surface area (Å²) in [6.07, 6.45) is 3.01. The van der Waals surface area contributed by atoms with Gasteiger partial charge in [0, 0.05) is 43.3 Å². The van der Waals surface area contributed by atoms with Gasteiger partial charge in [0.2, 0.25) is 5.91 Å². The third-order valence-electron chi connectivity index (χ3n) is 5.67. The first-order valence-electron chi connectivity index (χ1n) is 10.1. The van der Waals surface area contributed by atoms with Gasteiger partial charge in [-0.3, -0.25) is 9.48 Å². The van der Waals surface area contributed by atoms with Gasteiger partial charge in [0.15, 0.2) is 0 Å². The number of carbonyl (C=O) groups excluding carboxylic acids is 1. The number of anilines is 1. The normalized spacial score (nSPS) is 12.5. The standard InChI is InChI=1S/C24H27N3O2/c1-16-22(17(2)27(3)26-16)15-19-4-8-21(9-5-19)25-24(28)11-7-18-6-10-23-20(14-18)12-13-29-23/h4-6,8-10,14H,7,11-13,15H2,1-3H3,(H,25,28). The zero-order valence-electron chi connectivity index (χ0n) is 17.3. The lowest BCUT2D eigenvalue weighted by Crippen LogP contribution is -2.12. The fraction of sp³-hybridized carbons (Fsp3) is 0.333. The number of aryl methyl sites for hydroxylation is 3. The average Bonchev–Trinajstić information content (AvgIpc) is 3.27. The molecule has 4 rings (SSSR count). The number of rotatable bonds is 6. The number of hydrogen-bond acceptors (Lipinski definition) is 3. The van der Waals surface area contributed by atoms with Crippen molar-refractivity contribution in [2.45, 2.75) is 39.5 Å². The Morgan fingerprint density at radius 3 is 2.62 bits per heavy atom. The average molecular weight is 389 g/mol. The van der Waals surface area contributed by atoms with E-state index in [0.717, 1.165) is 43.0 Å². The number of carbonyl (C=O) groups is 1. The highest BCUT2D eigenvalue weighted by Crippen LogP contribution is 2.26. The van der Waals surface area contributed by atoms with Crippen LogP contribution in [0.4, 0.5) is 5.69 Å². The number of nitrogens with zero attached hydrogens (tertiary/aromatic N) is 2. The lowest BCUT2D eigenvalue weighted by Gasteiger charge is -2.08. The van der Waals surface area contributed by atoms with E-state index in [1.54, 1.807) is 0 Å². The summed E-state index contributed by atoms with van der Waals surface area (Å²) in [5.74, 6) is 1.02. The lowest BCUT2D eigenvalue weighted by molar-refractivity contribution is -0.116. The summed E-state index contributed by atoms with van der Waals surface area (Å²) >= 11 is 0. The van der Waals surface area contributed by atoms with Gasteiger partial charge >= 0.3 is 0 Å². The lowest BCUT2D eigenvalue weighted by atomic mass is 10.0. The number of hydrogen-bond donors (Lipinski definition) is 1. The van der Waals surface area contributed by atoms with Crippen LogP contribution in [-0.4, -0.2) is 22.3 Å². The Labute approximate surface area is 171 Å². The van der Waals surface area contributed by atoms with Crippen molar-refractivity contribution in [3.63, 3.8) is 0 Å². The number of ether oxygens (including phenoxy) is 1. The molecule has 0 radical (unpaired) electrons. The molecule has 0 bridgehead atoms. The van der Waals surface area contributed by atoms with E-state index in [1.807, 2.05) is 36.9 Å². The van der Waals surface area contributed by atoms with E-state index >= 15 is 0 Å². The van der Waals surface area contributed by atoms with E-state index in [-0.39, 0.29) is 5.91 Å². The van der Waals surface area contributed by atoms with Crippen molar-refractivity contribution in [1.82, 2.24) is 9.78 Å². The largest absolute Gasteiger partial charge is 0.493 e. The summed E-state index contributed by atoms with van der Waals surface area (Å²) in [7, 11) is 1.97. The molecule has 2 aromatic carbocycles. The van der Waals surface area contributed by atoms with E-state index in [9.17, 15) is 4.79 Å². The Hall–Kier alpha value is -3.08. The van der Waals surface area contributed by atoms with Crippen molar-refractivity contribution in [2.75, 3.05) is 11.9 Å². The van der Waals surface area contributed by atoms with Crippen molar-refractivity contribution in [2.24, 2.45) is 7.05 Å². The van der Waals surface area contributed by atoms with Crippen molar-refractivity contribution in [3.8, 4) is 5.75 Å². The minimum absolute atomic E-state index is 0.0356. The van der Waals surface area contributed by atoms with Crippen molar-refractivity contribution >= 4 is 11.6 Å². The molecule has 1 aliphatic rings. The Bertz CT molecular complexity index is 1040. The molecule has 0 saturated heterocycles. The van der Waals surface area contributed by atoms with E-state index in [4.69, 9.17) is 4.74 Å². The molecule has 150 valence electrons. The van der Waals surface area contributed by atoms with Crippen LogP contribution < -0.4 is 10.1 Å². The van der Waals surface area contributed by atoms with E-state index in [2.05, 4.69) is 41.6 Å². The van der Waals surface area contributed by atoms with Gasteiger partial charge in [-0.15, -0.1) is 0 Å². The van der Waals surface area contributed by atoms with Crippen LogP contribution in [0.15, 0.2) is 42.5 Å². The van der Waals surface area contributed by atoms with Gasteiger partial charge in [0.05, 0.1) is 12.3 Å². The van der Waals surface area contributed by atoms with Gasteiger partial charge in [0.1, 0.15) is 5.75 Å². The first kappa shape index (κ1) is 19.2. The molecule has 0 unspecified atom stereocenters. The second kappa shape index (κ2) is 8.11. The third kappa shape index (κ3) is 4.34. The highest BCUT2D eigenvalue weighted by atomic mass is 16.5. The third-order valence-corrected chi connectivity index (χ3v) is 5.67. The minimum atomic E-state index is 0.0356. The maximum atomic E-state index is 12.3.